The van der Waals surface area contributed by atoms with Crippen LogP contribution in [0.5, 0.6) is 0 Å². The van der Waals surface area contributed by atoms with Crippen molar-refractivity contribution in [3.63, 3.8) is 0 Å². The van der Waals surface area contributed by atoms with Gasteiger partial charge in [0.25, 0.3) is 5.91 Å². The molecule has 1 amide bonds. The molecular weight excluding hydrogens is 387 g/mol. The lowest BCUT2D eigenvalue weighted by Gasteiger charge is -2.09. The highest BCUT2D eigenvalue weighted by Gasteiger charge is 2.21. The smallest absolute Gasteiger partial charge is 0.275 e. The van der Waals surface area contributed by atoms with Crippen LogP contribution in [-0.4, -0.2) is 20.9 Å². The molecule has 0 atom stereocenters. The fraction of sp³-hybridized carbons (Fsp3) is 0.105. The molecule has 1 heterocycles. The van der Waals surface area contributed by atoms with Gasteiger partial charge in [0.15, 0.2) is 5.69 Å². The average molecular weight is 403 g/mol. The Hall–Kier alpha value is -2.64. The van der Waals surface area contributed by atoms with E-state index in [-0.39, 0.29) is 11.7 Å². The van der Waals surface area contributed by atoms with Crippen LogP contribution in [0.2, 0.25) is 5.02 Å². The molecule has 5 nitrogen and oxygen atoms in total. The Morgan fingerprint density at radius 1 is 1.26 bits per heavy atom. The number of benzene rings is 2. The predicted molar refractivity (Wildman–Crippen MR) is 106 cm³/mol. The third-order valence-electron chi connectivity index (χ3n) is 3.63. The van der Waals surface area contributed by atoms with E-state index < -0.39 is 0 Å². The first-order valence-corrected chi connectivity index (χ1v) is 9.42. The van der Waals surface area contributed by atoms with Crippen LogP contribution in [0, 0.1) is 5.82 Å². The van der Waals surface area contributed by atoms with Gasteiger partial charge in [0.1, 0.15) is 11.5 Å². The summed E-state index contributed by atoms with van der Waals surface area (Å²) in [6.07, 6.45) is 1.64. The van der Waals surface area contributed by atoms with Gasteiger partial charge in [0.05, 0.1) is 17.3 Å². The second kappa shape index (κ2) is 8.83. The van der Waals surface area contributed by atoms with E-state index in [0.29, 0.717) is 34.4 Å². The Labute approximate surface area is 165 Å². The molecule has 8 heteroatoms. The highest BCUT2D eigenvalue weighted by atomic mass is 35.5. The lowest BCUT2D eigenvalue weighted by atomic mass is 10.2. The summed E-state index contributed by atoms with van der Waals surface area (Å²) in [4.78, 5) is 13.7. The van der Waals surface area contributed by atoms with Gasteiger partial charge in [-0.15, -0.1) is 23.4 Å². The van der Waals surface area contributed by atoms with Crippen molar-refractivity contribution in [2.45, 2.75) is 17.2 Å². The second-order valence-corrected chi connectivity index (χ2v) is 6.99. The van der Waals surface area contributed by atoms with Crippen molar-refractivity contribution in [3.05, 3.63) is 83.4 Å². The van der Waals surface area contributed by atoms with Gasteiger partial charge in [0.2, 0.25) is 0 Å². The van der Waals surface area contributed by atoms with Gasteiger partial charge in [-0.2, -0.15) is 0 Å². The maximum atomic E-state index is 13.0. The monoisotopic (exact) mass is 402 g/mol. The SMILES string of the molecule is C=CCn1nnc(CSc2ccc(F)cc2)c1C(=O)Nc1ccccc1Cl. The molecule has 3 rings (SSSR count). The number of hydrogen-bond donors (Lipinski definition) is 1. The zero-order valence-corrected chi connectivity index (χ0v) is 15.8. The number of aromatic nitrogens is 3. The summed E-state index contributed by atoms with van der Waals surface area (Å²) in [7, 11) is 0. The molecule has 0 bridgehead atoms. The lowest BCUT2D eigenvalue weighted by Crippen LogP contribution is -2.19. The van der Waals surface area contributed by atoms with Gasteiger partial charge in [0, 0.05) is 10.6 Å². The van der Waals surface area contributed by atoms with E-state index in [1.807, 2.05) is 0 Å². The fourth-order valence-electron chi connectivity index (χ4n) is 2.37. The number of nitrogens with one attached hydrogen (secondary N) is 1. The molecule has 2 aromatic carbocycles. The number of hydrogen-bond acceptors (Lipinski definition) is 4. The van der Waals surface area contributed by atoms with Gasteiger partial charge >= 0.3 is 0 Å². The van der Waals surface area contributed by atoms with Gasteiger partial charge in [-0.25, -0.2) is 9.07 Å². The largest absolute Gasteiger partial charge is 0.319 e. The third-order valence-corrected chi connectivity index (χ3v) is 4.99. The maximum absolute atomic E-state index is 13.0. The molecule has 1 aromatic heterocycles. The number of thioether (sulfide) groups is 1. The number of halogens is 2. The molecule has 0 aliphatic carbocycles. The summed E-state index contributed by atoms with van der Waals surface area (Å²) in [6.45, 7) is 4.03. The van der Waals surface area contributed by atoms with E-state index in [4.69, 9.17) is 11.6 Å². The van der Waals surface area contributed by atoms with E-state index in [2.05, 4.69) is 22.2 Å². The molecule has 0 aliphatic rings. The van der Waals surface area contributed by atoms with Crippen LogP contribution in [-0.2, 0) is 12.3 Å². The summed E-state index contributed by atoms with van der Waals surface area (Å²) in [5.74, 6) is -0.241. The van der Waals surface area contributed by atoms with Crippen molar-refractivity contribution in [1.82, 2.24) is 15.0 Å². The molecule has 0 spiro atoms. The number of anilines is 1. The number of para-hydroxylation sites is 1. The van der Waals surface area contributed by atoms with Crippen LogP contribution in [0.1, 0.15) is 16.2 Å². The van der Waals surface area contributed by atoms with Crippen molar-refractivity contribution in [2.24, 2.45) is 0 Å². The summed E-state index contributed by atoms with van der Waals surface area (Å²) in [6, 6.07) is 13.1. The van der Waals surface area contributed by atoms with E-state index in [1.165, 1.54) is 28.6 Å². The van der Waals surface area contributed by atoms with Crippen LogP contribution < -0.4 is 5.32 Å². The van der Waals surface area contributed by atoms with Crippen LogP contribution in [0.3, 0.4) is 0 Å². The van der Waals surface area contributed by atoms with E-state index >= 15 is 0 Å². The molecule has 0 aliphatic heterocycles. The fourth-order valence-corrected chi connectivity index (χ4v) is 3.38. The minimum atomic E-state index is -0.357. The number of allylic oxidation sites excluding steroid dienone is 1. The number of carbonyl (C=O) groups excluding carboxylic acids is 1. The number of carbonyl (C=O) groups is 1. The first-order chi connectivity index (χ1) is 13.1. The maximum Gasteiger partial charge on any atom is 0.275 e. The van der Waals surface area contributed by atoms with E-state index in [0.717, 1.165) is 4.90 Å². The molecule has 0 saturated carbocycles. The molecule has 0 radical (unpaired) electrons. The molecule has 0 saturated heterocycles. The predicted octanol–water partition coefficient (Wildman–Crippen LogP) is 4.80. The summed E-state index contributed by atoms with van der Waals surface area (Å²) >= 11 is 7.56. The van der Waals surface area contributed by atoms with Gasteiger partial charge in [-0.05, 0) is 36.4 Å². The number of nitrogens with zero attached hydrogens (tertiary/aromatic N) is 3. The van der Waals surface area contributed by atoms with Crippen LogP contribution in [0.4, 0.5) is 10.1 Å². The van der Waals surface area contributed by atoms with Crippen molar-refractivity contribution in [3.8, 4) is 0 Å². The lowest BCUT2D eigenvalue weighted by molar-refractivity contribution is 0.101. The Morgan fingerprint density at radius 2 is 2.00 bits per heavy atom. The normalized spacial score (nSPS) is 10.6. The molecule has 0 unspecified atom stereocenters. The molecular formula is C19H16ClFN4OS. The van der Waals surface area contributed by atoms with Crippen LogP contribution >= 0.6 is 23.4 Å². The standard InChI is InChI=1S/C19H16ClFN4OS/c1-2-11-25-18(19(26)22-16-6-4-3-5-15(16)20)17(23-24-25)12-27-14-9-7-13(21)8-10-14/h2-10H,1,11-12H2,(H,22,26). The van der Waals surface area contributed by atoms with E-state index in [9.17, 15) is 9.18 Å². The van der Waals surface area contributed by atoms with Gasteiger partial charge in [-0.1, -0.05) is 35.0 Å². The zero-order valence-electron chi connectivity index (χ0n) is 14.2. The van der Waals surface area contributed by atoms with Gasteiger partial charge in [-0.3, -0.25) is 4.79 Å². The van der Waals surface area contributed by atoms with Crippen LogP contribution in [0.15, 0.2) is 66.1 Å². The number of amides is 1. The van der Waals surface area contributed by atoms with E-state index in [1.54, 1.807) is 42.5 Å². The Kier molecular flexibility index (Phi) is 6.26. The average Bonchev–Trinajstić information content (AvgIpc) is 3.06. The Balaban J connectivity index is 1.82. The van der Waals surface area contributed by atoms with Crippen LogP contribution in [0.25, 0.3) is 0 Å². The number of rotatable bonds is 7. The highest BCUT2D eigenvalue weighted by molar-refractivity contribution is 7.98. The molecule has 1 N–H and O–H groups in total. The topological polar surface area (TPSA) is 59.8 Å². The quantitative estimate of drug-likeness (QED) is 0.455. The molecule has 138 valence electrons. The van der Waals surface area contributed by atoms with Gasteiger partial charge < -0.3 is 5.32 Å². The first kappa shape index (κ1) is 19.1. The summed E-state index contributed by atoms with van der Waals surface area (Å²) in [5, 5.41) is 11.4. The summed E-state index contributed by atoms with van der Waals surface area (Å²) < 4.78 is 14.5. The summed E-state index contributed by atoms with van der Waals surface area (Å²) in [5.41, 5.74) is 1.37. The minimum absolute atomic E-state index is 0.295. The molecule has 3 aromatic rings. The highest BCUT2D eigenvalue weighted by Crippen LogP contribution is 2.25. The molecule has 0 fully saturated rings. The van der Waals surface area contributed by atoms with Crippen molar-refractivity contribution >= 4 is 35.0 Å². The second-order valence-electron chi connectivity index (χ2n) is 5.53. The first-order valence-electron chi connectivity index (χ1n) is 8.06. The Morgan fingerprint density at radius 3 is 2.70 bits per heavy atom. The van der Waals surface area contributed by atoms with Crippen molar-refractivity contribution < 1.29 is 9.18 Å². The van der Waals surface area contributed by atoms with Crippen molar-refractivity contribution in [1.29, 1.82) is 0 Å². The zero-order chi connectivity index (χ0) is 19.2. The minimum Gasteiger partial charge on any atom is -0.319 e. The third kappa shape index (κ3) is 4.75. The molecule has 27 heavy (non-hydrogen) atoms. The van der Waals surface area contributed by atoms with Crippen molar-refractivity contribution in [2.75, 3.05) is 5.32 Å². The Bertz CT molecular complexity index is 959.